The summed E-state index contributed by atoms with van der Waals surface area (Å²) in [4.78, 5) is 24.5. The molecule has 2 unspecified atom stereocenters. The molecule has 0 aromatic rings. The van der Waals surface area contributed by atoms with E-state index < -0.39 is 12.1 Å². The molecule has 0 bridgehead atoms. The monoisotopic (exact) mass is 1030 g/mol. The van der Waals surface area contributed by atoms with Crippen molar-refractivity contribution in [2.24, 2.45) is 0 Å². The number of nitrogens with one attached hydrogen (secondary N) is 1. The molecule has 0 aromatic heterocycles. The number of hydrogen-bond donors (Lipinski definition) is 3. The van der Waals surface area contributed by atoms with Crippen molar-refractivity contribution in [2.45, 2.75) is 366 Å². The summed E-state index contributed by atoms with van der Waals surface area (Å²) in [7, 11) is 0. The molecule has 0 radical (unpaired) electrons. The largest absolute Gasteiger partial charge is 0.466 e. The summed E-state index contributed by atoms with van der Waals surface area (Å²) in [6, 6.07) is -0.624. The first-order valence-corrected chi connectivity index (χ1v) is 32.8. The van der Waals surface area contributed by atoms with Crippen LogP contribution in [0.5, 0.6) is 0 Å². The highest BCUT2D eigenvalue weighted by Crippen LogP contribution is 2.18. The van der Waals surface area contributed by atoms with Gasteiger partial charge in [0.15, 0.2) is 0 Å². The molecule has 0 aliphatic rings. The molecule has 1 amide bonds. The van der Waals surface area contributed by atoms with Crippen LogP contribution in [0.25, 0.3) is 0 Å². The molecule has 0 spiro atoms. The molecule has 0 aromatic carbocycles. The molecule has 3 N–H and O–H groups in total. The van der Waals surface area contributed by atoms with Crippen LogP contribution in [-0.2, 0) is 14.3 Å². The average molecular weight is 1030 g/mol. The van der Waals surface area contributed by atoms with Crippen LogP contribution < -0.4 is 5.32 Å². The maximum Gasteiger partial charge on any atom is 0.305 e. The molecule has 6 heteroatoms. The zero-order valence-corrected chi connectivity index (χ0v) is 49.1. The lowest BCUT2D eigenvalue weighted by Gasteiger charge is -2.20. The highest BCUT2D eigenvalue weighted by molar-refractivity contribution is 5.76. The SMILES string of the molecule is CCCC/C=C\C/C=C\CCCCCCCC(=O)OCCCCCCCCCCCCCCCCCCCCCCCCCCCCCCCC(=O)NC(CO)C(O)/C=C/CCCCCCCCCCCCC. The van der Waals surface area contributed by atoms with Gasteiger partial charge in [0.05, 0.1) is 25.4 Å². The van der Waals surface area contributed by atoms with Crippen molar-refractivity contribution in [3.63, 3.8) is 0 Å². The van der Waals surface area contributed by atoms with Crippen molar-refractivity contribution in [2.75, 3.05) is 13.2 Å². The Morgan fingerprint density at radius 3 is 1.08 bits per heavy atom. The average Bonchev–Trinajstić information content (AvgIpc) is 3.39. The van der Waals surface area contributed by atoms with Crippen LogP contribution in [0, 0.1) is 0 Å². The quantitative estimate of drug-likeness (QED) is 0.0320. The van der Waals surface area contributed by atoms with E-state index in [0.717, 1.165) is 51.4 Å². The molecule has 0 aliphatic heterocycles. The topological polar surface area (TPSA) is 95.9 Å². The second kappa shape index (κ2) is 62.6. The van der Waals surface area contributed by atoms with Gasteiger partial charge in [-0.3, -0.25) is 9.59 Å². The Hall–Kier alpha value is -1.92. The Bertz CT molecular complexity index is 1180. The van der Waals surface area contributed by atoms with Gasteiger partial charge in [-0.15, -0.1) is 0 Å². The predicted octanol–water partition coefficient (Wildman–Crippen LogP) is 20.8. The third-order valence-electron chi connectivity index (χ3n) is 15.2. The molecule has 0 rings (SSSR count). The number of amides is 1. The first-order valence-electron chi connectivity index (χ1n) is 32.8. The lowest BCUT2D eigenvalue weighted by Crippen LogP contribution is -2.45. The first kappa shape index (κ1) is 71.1. The fourth-order valence-corrected chi connectivity index (χ4v) is 10.1. The van der Waals surface area contributed by atoms with E-state index in [1.165, 1.54) is 276 Å². The lowest BCUT2D eigenvalue weighted by molar-refractivity contribution is -0.143. The second-order valence-corrected chi connectivity index (χ2v) is 22.5. The molecule has 0 saturated heterocycles. The number of rotatable bonds is 61. The summed E-state index contributed by atoms with van der Waals surface area (Å²) in [5.41, 5.74) is 0. The van der Waals surface area contributed by atoms with Gasteiger partial charge in [-0.2, -0.15) is 0 Å². The Balaban J connectivity index is 3.35. The van der Waals surface area contributed by atoms with E-state index in [2.05, 4.69) is 43.5 Å². The molecule has 2 atom stereocenters. The van der Waals surface area contributed by atoms with E-state index in [1.807, 2.05) is 6.08 Å². The van der Waals surface area contributed by atoms with Gasteiger partial charge < -0.3 is 20.3 Å². The predicted molar refractivity (Wildman–Crippen MR) is 319 cm³/mol. The summed E-state index contributed by atoms with van der Waals surface area (Å²) in [5.74, 6) is -0.0592. The lowest BCUT2D eigenvalue weighted by atomic mass is 10.0. The highest BCUT2D eigenvalue weighted by Gasteiger charge is 2.18. The van der Waals surface area contributed by atoms with Crippen LogP contribution in [0.2, 0.25) is 0 Å². The molecular weight excluding hydrogens is 899 g/mol. The van der Waals surface area contributed by atoms with Crippen molar-refractivity contribution in [1.29, 1.82) is 0 Å². The number of aliphatic hydroxyl groups excluding tert-OH is 2. The van der Waals surface area contributed by atoms with Crippen molar-refractivity contribution in [3.05, 3.63) is 36.5 Å². The maximum absolute atomic E-state index is 12.5. The summed E-state index contributed by atoms with van der Waals surface area (Å²) >= 11 is 0. The van der Waals surface area contributed by atoms with E-state index >= 15 is 0 Å². The summed E-state index contributed by atoms with van der Waals surface area (Å²) in [6.45, 7) is 4.87. The van der Waals surface area contributed by atoms with Crippen molar-refractivity contribution in [1.82, 2.24) is 5.32 Å². The van der Waals surface area contributed by atoms with Gasteiger partial charge in [0.2, 0.25) is 5.91 Å². The Morgan fingerprint density at radius 2 is 0.699 bits per heavy atom. The van der Waals surface area contributed by atoms with Gasteiger partial charge in [0.25, 0.3) is 0 Å². The molecule has 0 aliphatic carbocycles. The molecule has 430 valence electrons. The van der Waals surface area contributed by atoms with Gasteiger partial charge in [0, 0.05) is 12.8 Å². The van der Waals surface area contributed by atoms with Crippen LogP contribution in [0.3, 0.4) is 0 Å². The van der Waals surface area contributed by atoms with Crippen LogP contribution >= 0.6 is 0 Å². The van der Waals surface area contributed by atoms with Gasteiger partial charge >= 0.3 is 5.97 Å². The van der Waals surface area contributed by atoms with Crippen molar-refractivity contribution < 1.29 is 24.5 Å². The van der Waals surface area contributed by atoms with E-state index in [9.17, 15) is 19.8 Å². The number of hydrogen-bond acceptors (Lipinski definition) is 5. The second-order valence-electron chi connectivity index (χ2n) is 22.5. The van der Waals surface area contributed by atoms with Crippen LogP contribution in [0.4, 0.5) is 0 Å². The number of esters is 1. The summed E-state index contributed by atoms with van der Waals surface area (Å²) in [5, 5.41) is 23.1. The molecule has 0 fully saturated rings. The zero-order chi connectivity index (χ0) is 52.9. The molecule has 6 nitrogen and oxygen atoms in total. The van der Waals surface area contributed by atoms with Gasteiger partial charge in [-0.05, 0) is 57.8 Å². The normalized spacial score (nSPS) is 12.8. The highest BCUT2D eigenvalue weighted by atomic mass is 16.5. The Kier molecular flexibility index (Phi) is 61.0. The summed E-state index contributed by atoms with van der Waals surface area (Å²) in [6.07, 6.45) is 79.2. The Labute approximate surface area is 455 Å². The molecule has 0 heterocycles. The Morgan fingerprint density at radius 1 is 0.384 bits per heavy atom. The standard InChI is InChI=1S/C67H127NO5/c1-3-5-7-9-11-13-15-17-37-41-45-49-53-57-61-67(72)73-62-58-54-50-46-42-38-34-32-30-28-26-24-22-20-18-19-21-23-25-27-29-31-33-36-40-44-48-52-56-60-66(71)68-64(63-69)65(70)59-55-51-47-43-39-35-16-14-12-10-8-6-4-2/h9,11,15,17,55,59,64-65,69-70H,3-8,10,12-14,16,18-54,56-58,60-63H2,1-2H3,(H,68,71)/b11-9-,17-15-,59-55+. The minimum Gasteiger partial charge on any atom is -0.466 e. The number of carbonyl (C=O) groups excluding carboxylic acids is 2. The first-order chi connectivity index (χ1) is 36.0. The van der Waals surface area contributed by atoms with Crippen LogP contribution in [0.15, 0.2) is 36.5 Å². The van der Waals surface area contributed by atoms with Gasteiger partial charge in [0.1, 0.15) is 0 Å². The number of unbranched alkanes of at least 4 members (excludes halogenated alkanes) is 46. The number of allylic oxidation sites excluding steroid dienone is 5. The van der Waals surface area contributed by atoms with E-state index in [-0.39, 0.29) is 18.5 Å². The minimum atomic E-state index is -0.841. The van der Waals surface area contributed by atoms with E-state index in [1.54, 1.807) is 6.08 Å². The third kappa shape index (κ3) is 59.2. The van der Waals surface area contributed by atoms with Gasteiger partial charge in [-0.1, -0.05) is 320 Å². The summed E-state index contributed by atoms with van der Waals surface area (Å²) < 4.78 is 5.48. The van der Waals surface area contributed by atoms with Gasteiger partial charge in [-0.25, -0.2) is 0 Å². The van der Waals surface area contributed by atoms with Crippen LogP contribution in [0.1, 0.15) is 354 Å². The van der Waals surface area contributed by atoms with Crippen molar-refractivity contribution in [3.8, 4) is 0 Å². The number of carbonyl (C=O) groups is 2. The third-order valence-corrected chi connectivity index (χ3v) is 15.2. The molecule has 0 saturated carbocycles. The van der Waals surface area contributed by atoms with E-state index in [4.69, 9.17) is 4.74 Å². The van der Waals surface area contributed by atoms with Crippen LogP contribution in [-0.4, -0.2) is 47.4 Å². The zero-order valence-electron chi connectivity index (χ0n) is 49.1. The van der Waals surface area contributed by atoms with E-state index in [0.29, 0.717) is 19.4 Å². The smallest absolute Gasteiger partial charge is 0.305 e. The fourth-order valence-electron chi connectivity index (χ4n) is 10.1. The minimum absolute atomic E-state index is 0.00448. The maximum atomic E-state index is 12.5. The molecular formula is C67H127NO5. The fraction of sp³-hybridized carbons (Fsp3) is 0.881. The number of ether oxygens (including phenoxy) is 1. The molecule has 73 heavy (non-hydrogen) atoms. The van der Waals surface area contributed by atoms with Crippen molar-refractivity contribution >= 4 is 11.9 Å². The number of aliphatic hydroxyl groups is 2.